The summed E-state index contributed by atoms with van der Waals surface area (Å²) in [6.45, 7) is 6.46. The SMILES string of the molecule is CC(C)(C)[C@@H]1C[C@H](C(F)(F)F)n2nc(C3CCCCN3C(=O)Cn3cccn3)cc2N1. The van der Waals surface area contributed by atoms with Crippen LogP contribution < -0.4 is 5.32 Å². The number of carbonyl (C=O) groups excluding carboxylic acids is 1. The van der Waals surface area contributed by atoms with Gasteiger partial charge in [0.15, 0.2) is 6.04 Å². The van der Waals surface area contributed by atoms with Crippen LogP contribution in [0.2, 0.25) is 0 Å². The Balaban J connectivity index is 1.64. The molecule has 1 amide bonds. The fourth-order valence-electron chi connectivity index (χ4n) is 4.49. The van der Waals surface area contributed by atoms with E-state index in [4.69, 9.17) is 0 Å². The molecule has 3 atom stereocenters. The summed E-state index contributed by atoms with van der Waals surface area (Å²) in [4.78, 5) is 14.7. The highest BCUT2D eigenvalue weighted by atomic mass is 19.4. The number of amides is 1. The Bertz CT molecular complexity index is 915. The number of likely N-dealkylation sites (tertiary alicyclic amines) is 1. The van der Waals surface area contributed by atoms with Gasteiger partial charge in [0.05, 0.1) is 11.7 Å². The fraction of sp³-hybridized carbons (Fsp3) is 0.667. The average Bonchev–Trinajstić information content (AvgIpc) is 3.34. The monoisotopic (exact) mass is 438 g/mol. The Morgan fingerprint density at radius 2 is 2.03 bits per heavy atom. The zero-order chi connectivity index (χ0) is 22.4. The number of aromatic nitrogens is 4. The van der Waals surface area contributed by atoms with Crippen LogP contribution in [0.3, 0.4) is 0 Å². The molecule has 4 rings (SSSR count). The number of nitrogens with one attached hydrogen (secondary N) is 1. The van der Waals surface area contributed by atoms with Crippen molar-refractivity contribution in [3.63, 3.8) is 0 Å². The van der Waals surface area contributed by atoms with Gasteiger partial charge in [0.1, 0.15) is 12.4 Å². The minimum absolute atomic E-state index is 0.0757. The van der Waals surface area contributed by atoms with Gasteiger partial charge < -0.3 is 10.2 Å². The highest BCUT2D eigenvalue weighted by molar-refractivity contribution is 5.76. The van der Waals surface area contributed by atoms with Crippen molar-refractivity contribution >= 4 is 11.7 Å². The van der Waals surface area contributed by atoms with E-state index in [1.807, 2.05) is 20.8 Å². The molecule has 1 N–H and O–H groups in total. The Labute approximate surface area is 179 Å². The number of piperidine rings is 1. The summed E-state index contributed by atoms with van der Waals surface area (Å²) < 4.78 is 44.3. The predicted molar refractivity (Wildman–Crippen MR) is 109 cm³/mol. The quantitative estimate of drug-likeness (QED) is 0.781. The van der Waals surface area contributed by atoms with E-state index in [1.54, 1.807) is 34.1 Å². The minimum Gasteiger partial charge on any atom is -0.367 e. The van der Waals surface area contributed by atoms with Crippen molar-refractivity contribution < 1.29 is 18.0 Å². The molecule has 0 radical (unpaired) electrons. The van der Waals surface area contributed by atoms with Gasteiger partial charge in [-0.2, -0.15) is 23.4 Å². The zero-order valence-corrected chi connectivity index (χ0v) is 18.1. The van der Waals surface area contributed by atoms with Crippen LogP contribution in [-0.2, 0) is 11.3 Å². The lowest BCUT2D eigenvalue weighted by atomic mass is 9.82. The summed E-state index contributed by atoms with van der Waals surface area (Å²) in [6, 6.07) is 1.09. The van der Waals surface area contributed by atoms with Gasteiger partial charge in [-0.25, -0.2) is 4.68 Å². The fourth-order valence-corrected chi connectivity index (χ4v) is 4.49. The maximum atomic E-state index is 13.9. The Morgan fingerprint density at radius 3 is 2.68 bits per heavy atom. The summed E-state index contributed by atoms with van der Waals surface area (Å²) in [6.07, 6.45) is 1.31. The standard InChI is InChI=1S/C21H29F3N6O/c1-20(2,3)16-12-17(21(22,23)24)30-18(26-16)11-14(27-30)15-7-4-5-10-29(15)19(31)13-28-9-6-8-25-28/h6,8-9,11,15-17,26H,4-5,7,10,12-13H2,1-3H3/t15?,16-,17+/m0/s1. The molecule has 1 unspecified atom stereocenters. The number of rotatable bonds is 3. The molecule has 0 aromatic carbocycles. The van der Waals surface area contributed by atoms with Gasteiger partial charge in [0.2, 0.25) is 5.91 Å². The second-order valence-electron chi connectivity index (χ2n) is 9.56. The lowest BCUT2D eigenvalue weighted by molar-refractivity contribution is -0.175. The van der Waals surface area contributed by atoms with Crippen LogP contribution in [-0.4, -0.2) is 49.1 Å². The van der Waals surface area contributed by atoms with Crippen LogP contribution >= 0.6 is 0 Å². The summed E-state index contributed by atoms with van der Waals surface area (Å²) in [5.41, 5.74) is 0.176. The number of anilines is 1. The Hall–Kier alpha value is -2.52. The summed E-state index contributed by atoms with van der Waals surface area (Å²) in [5, 5.41) is 11.7. The molecule has 4 heterocycles. The molecule has 1 saturated heterocycles. The second kappa shape index (κ2) is 7.87. The Morgan fingerprint density at radius 1 is 1.26 bits per heavy atom. The van der Waals surface area contributed by atoms with Crippen LogP contribution in [0, 0.1) is 5.41 Å². The van der Waals surface area contributed by atoms with Crippen LogP contribution in [0.25, 0.3) is 0 Å². The van der Waals surface area contributed by atoms with Gasteiger partial charge >= 0.3 is 6.18 Å². The number of nitrogens with zero attached hydrogens (tertiary/aromatic N) is 5. The molecule has 0 spiro atoms. The van der Waals surface area contributed by atoms with Crippen LogP contribution in [0.5, 0.6) is 0 Å². The van der Waals surface area contributed by atoms with Crippen molar-refractivity contribution in [3.05, 3.63) is 30.2 Å². The third-order valence-corrected chi connectivity index (χ3v) is 6.28. The van der Waals surface area contributed by atoms with E-state index in [0.717, 1.165) is 17.5 Å². The highest BCUT2D eigenvalue weighted by Crippen LogP contribution is 2.44. The number of fused-ring (bicyclic) bond motifs is 1. The smallest absolute Gasteiger partial charge is 0.367 e. The van der Waals surface area contributed by atoms with Crippen molar-refractivity contribution in [3.8, 4) is 0 Å². The van der Waals surface area contributed by atoms with Crippen molar-refractivity contribution in [2.45, 2.75) is 77.3 Å². The zero-order valence-electron chi connectivity index (χ0n) is 18.1. The van der Waals surface area contributed by atoms with Gasteiger partial charge in [0.25, 0.3) is 0 Å². The molecule has 2 aliphatic rings. The molecule has 0 aliphatic carbocycles. The van der Waals surface area contributed by atoms with Gasteiger partial charge in [-0.3, -0.25) is 9.48 Å². The molecule has 10 heteroatoms. The van der Waals surface area contributed by atoms with Gasteiger partial charge in [-0.05, 0) is 37.2 Å². The average molecular weight is 438 g/mol. The first-order chi connectivity index (χ1) is 14.5. The van der Waals surface area contributed by atoms with Crippen molar-refractivity contribution in [2.24, 2.45) is 5.41 Å². The normalized spacial score (nSPS) is 24.6. The second-order valence-corrected chi connectivity index (χ2v) is 9.56. The van der Waals surface area contributed by atoms with E-state index in [1.165, 1.54) is 0 Å². The minimum atomic E-state index is -4.40. The molecule has 7 nitrogen and oxygen atoms in total. The molecule has 2 aliphatic heterocycles. The van der Waals surface area contributed by atoms with Crippen molar-refractivity contribution in [1.82, 2.24) is 24.5 Å². The van der Waals surface area contributed by atoms with Crippen molar-refractivity contribution in [1.29, 1.82) is 0 Å². The number of hydrogen-bond donors (Lipinski definition) is 1. The number of carbonyl (C=O) groups is 1. The molecule has 1 fully saturated rings. The lowest BCUT2D eigenvalue weighted by Gasteiger charge is -2.39. The van der Waals surface area contributed by atoms with E-state index in [-0.39, 0.29) is 36.4 Å². The molecular weight excluding hydrogens is 409 g/mol. The van der Waals surface area contributed by atoms with Crippen LogP contribution in [0.4, 0.5) is 19.0 Å². The molecule has 2 aromatic heterocycles. The molecule has 31 heavy (non-hydrogen) atoms. The number of alkyl halides is 3. The summed E-state index contributed by atoms with van der Waals surface area (Å²) in [5.74, 6) is 0.265. The van der Waals surface area contributed by atoms with E-state index in [9.17, 15) is 18.0 Å². The maximum absolute atomic E-state index is 13.9. The van der Waals surface area contributed by atoms with Gasteiger partial charge in [-0.15, -0.1) is 0 Å². The van der Waals surface area contributed by atoms with E-state index >= 15 is 0 Å². The first kappa shape index (κ1) is 21.7. The van der Waals surface area contributed by atoms with E-state index < -0.39 is 12.2 Å². The largest absolute Gasteiger partial charge is 0.410 e. The van der Waals surface area contributed by atoms with Crippen molar-refractivity contribution in [2.75, 3.05) is 11.9 Å². The van der Waals surface area contributed by atoms with E-state index in [2.05, 4.69) is 15.5 Å². The topological polar surface area (TPSA) is 68.0 Å². The maximum Gasteiger partial charge on any atom is 0.410 e. The third-order valence-electron chi connectivity index (χ3n) is 6.28. The van der Waals surface area contributed by atoms with Crippen LogP contribution in [0.1, 0.15) is 64.2 Å². The first-order valence-corrected chi connectivity index (χ1v) is 10.7. The summed E-state index contributed by atoms with van der Waals surface area (Å²) in [7, 11) is 0. The molecule has 2 aromatic rings. The number of halogens is 3. The molecule has 0 bridgehead atoms. The molecular formula is C21H29F3N6O. The first-order valence-electron chi connectivity index (χ1n) is 10.7. The Kier molecular flexibility index (Phi) is 5.51. The van der Waals surface area contributed by atoms with Crippen LogP contribution in [0.15, 0.2) is 24.5 Å². The lowest BCUT2D eigenvalue weighted by Crippen LogP contribution is -2.45. The predicted octanol–water partition coefficient (Wildman–Crippen LogP) is 4.17. The summed E-state index contributed by atoms with van der Waals surface area (Å²) >= 11 is 0. The molecule has 170 valence electrons. The van der Waals surface area contributed by atoms with E-state index in [0.29, 0.717) is 24.5 Å². The molecule has 0 saturated carbocycles. The highest BCUT2D eigenvalue weighted by Gasteiger charge is 2.48. The third kappa shape index (κ3) is 4.43. The van der Waals surface area contributed by atoms with Gasteiger partial charge in [0, 0.05) is 31.0 Å². The number of hydrogen-bond acceptors (Lipinski definition) is 4. The van der Waals surface area contributed by atoms with Gasteiger partial charge in [-0.1, -0.05) is 20.8 Å².